The maximum atomic E-state index is 12.1. The Morgan fingerprint density at radius 1 is 1.05 bits per heavy atom. The van der Waals surface area contributed by atoms with E-state index in [4.69, 9.17) is 0 Å². The van der Waals surface area contributed by atoms with Gasteiger partial charge in [0.25, 0.3) is 5.91 Å². The van der Waals surface area contributed by atoms with Crippen molar-refractivity contribution in [3.05, 3.63) is 66.2 Å². The summed E-state index contributed by atoms with van der Waals surface area (Å²) in [7, 11) is 0. The van der Waals surface area contributed by atoms with Crippen LogP contribution in [-0.2, 0) is 6.54 Å². The minimum absolute atomic E-state index is 0.143. The number of hydrogen-bond donors (Lipinski definition) is 1. The van der Waals surface area contributed by atoms with Gasteiger partial charge in [-0.05, 0) is 24.3 Å². The van der Waals surface area contributed by atoms with Gasteiger partial charge in [-0.25, -0.2) is 14.0 Å². The third-order valence-corrected chi connectivity index (χ3v) is 3.42. The van der Waals surface area contributed by atoms with E-state index in [0.29, 0.717) is 17.0 Å². The first-order valence-corrected chi connectivity index (χ1v) is 6.82. The van der Waals surface area contributed by atoms with E-state index in [1.807, 2.05) is 45.6 Å². The molecular formula is C15H12N6O. The number of hydrogen-bond acceptors (Lipinski definition) is 4. The molecule has 0 saturated heterocycles. The summed E-state index contributed by atoms with van der Waals surface area (Å²) < 4.78 is 3.67. The molecule has 4 aromatic rings. The Morgan fingerprint density at radius 3 is 2.73 bits per heavy atom. The lowest BCUT2D eigenvalue weighted by molar-refractivity contribution is 0.0949. The summed E-state index contributed by atoms with van der Waals surface area (Å²) >= 11 is 0. The lowest BCUT2D eigenvalue weighted by Gasteiger charge is -2.05. The molecule has 0 spiro atoms. The molecule has 3 aromatic heterocycles. The number of nitrogens with one attached hydrogen (secondary N) is 1. The molecule has 4 rings (SSSR count). The average Bonchev–Trinajstić information content (AvgIpc) is 3.19. The minimum atomic E-state index is -0.143. The summed E-state index contributed by atoms with van der Waals surface area (Å²) in [5, 5.41) is 11.1. The Kier molecular flexibility index (Phi) is 2.82. The number of amides is 1. The first kappa shape index (κ1) is 12.5. The zero-order valence-corrected chi connectivity index (χ0v) is 11.5. The van der Waals surface area contributed by atoms with Crippen LogP contribution >= 0.6 is 0 Å². The van der Waals surface area contributed by atoms with Gasteiger partial charge in [-0.2, -0.15) is 0 Å². The van der Waals surface area contributed by atoms with Crippen molar-refractivity contribution in [2.45, 2.75) is 6.54 Å². The van der Waals surface area contributed by atoms with E-state index in [9.17, 15) is 4.79 Å². The van der Waals surface area contributed by atoms with Crippen molar-refractivity contribution >= 4 is 17.2 Å². The minimum Gasteiger partial charge on any atom is -0.345 e. The molecule has 1 aromatic carbocycles. The summed E-state index contributed by atoms with van der Waals surface area (Å²) in [5.41, 5.74) is 2.11. The van der Waals surface area contributed by atoms with E-state index in [2.05, 4.69) is 20.5 Å². The number of benzene rings is 1. The van der Waals surface area contributed by atoms with Crippen LogP contribution in [0.4, 0.5) is 0 Å². The van der Waals surface area contributed by atoms with Crippen LogP contribution in [0.5, 0.6) is 0 Å². The Hall–Kier alpha value is -3.22. The van der Waals surface area contributed by atoms with Gasteiger partial charge in [0, 0.05) is 18.0 Å². The van der Waals surface area contributed by atoms with E-state index in [0.717, 1.165) is 5.65 Å². The van der Waals surface area contributed by atoms with Crippen LogP contribution in [0.15, 0.2) is 54.9 Å². The van der Waals surface area contributed by atoms with Crippen molar-refractivity contribution in [2.24, 2.45) is 0 Å². The molecule has 0 fully saturated rings. The molecule has 3 heterocycles. The van der Waals surface area contributed by atoms with Crippen molar-refractivity contribution in [1.82, 2.24) is 29.5 Å². The molecule has 1 N–H and O–H groups in total. The topological polar surface area (TPSA) is 76.6 Å². The second-order valence-electron chi connectivity index (χ2n) is 4.80. The van der Waals surface area contributed by atoms with E-state index in [-0.39, 0.29) is 12.5 Å². The molecule has 0 bridgehead atoms. The summed E-state index contributed by atoms with van der Waals surface area (Å²) in [5.74, 6) is 0.498. The van der Waals surface area contributed by atoms with Gasteiger partial charge in [0.05, 0.1) is 6.54 Å². The first-order chi connectivity index (χ1) is 10.8. The SMILES string of the molecule is O=C(NCc1nnc2ccc3nccn3n12)c1ccccc1. The van der Waals surface area contributed by atoms with Crippen molar-refractivity contribution in [1.29, 1.82) is 0 Å². The van der Waals surface area contributed by atoms with E-state index < -0.39 is 0 Å². The molecule has 7 nitrogen and oxygen atoms in total. The smallest absolute Gasteiger partial charge is 0.251 e. The summed E-state index contributed by atoms with van der Waals surface area (Å²) in [6.07, 6.45) is 3.54. The van der Waals surface area contributed by atoms with Crippen molar-refractivity contribution in [3.63, 3.8) is 0 Å². The standard InChI is InChI=1S/C15H12N6O/c22-15(11-4-2-1-3-5-11)17-10-14-19-18-13-7-6-12-16-8-9-20(12)21(13)14/h1-9H,10H2,(H,17,22). The molecule has 0 aliphatic carbocycles. The van der Waals surface area contributed by atoms with Crippen molar-refractivity contribution in [3.8, 4) is 0 Å². The van der Waals surface area contributed by atoms with Crippen LogP contribution in [0.25, 0.3) is 11.3 Å². The van der Waals surface area contributed by atoms with Crippen LogP contribution < -0.4 is 5.32 Å². The largest absolute Gasteiger partial charge is 0.345 e. The van der Waals surface area contributed by atoms with Crippen LogP contribution in [0.2, 0.25) is 0 Å². The van der Waals surface area contributed by atoms with Crippen molar-refractivity contribution in [2.75, 3.05) is 0 Å². The van der Waals surface area contributed by atoms with E-state index in [1.165, 1.54) is 0 Å². The molecule has 0 atom stereocenters. The Balaban J connectivity index is 1.65. The third kappa shape index (κ3) is 1.99. The number of rotatable bonds is 3. The highest BCUT2D eigenvalue weighted by Crippen LogP contribution is 2.08. The highest BCUT2D eigenvalue weighted by Gasteiger charge is 2.11. The third-order valence-electron chi connectivity index (χ3n) is 3.42. The summed E-state index contributed by atoms with van der Waals surface area (Å²) in [4.78, 5) is 16.3. The summed E-state index contributed by atoms with van der Waals surface area (Å²) in [6.45, 7) is 0.284. The second-order valence-corrected chi connectivity index (χ2v) is 4.80. The van der Waals surface area contributed by atoms with Crippen LogP contribution in [0.3, 0.4) is 0 Å². The molecule has 0 saturated carbocycles. The fraction of sp³-hybridized carbons (Fsp3) is 0.0667. The zero-order valence-electron chi connectivity index (χ0n) is 11.5. The zero-order chi connectivity index (χ0) is 14.9. The number of nitrogens with zero attached hydrogens (tertiary/aromatic N) is 5. The molecule has 0 radical (unpaired) electrons. The Labute approximate surface area is 125 Å². The lowest BCUT2D eigenvalue weighted by atomic mass is 10.2. The Morgan fingerprint density at radius 2 is 1.86 bits per heavy atom. The van der Waals surface area contributed by atoms with Crippen LogP contribution in [0, 0.1) is 0 Å². The maximum Gasteiger partial charge on any atom is 0.251 e. The van der Waals surface area contributed by atoms with Gasteiger partial charge in [0.2, 0.25) is 0 Å². The number of imidazole rings is 1. The molecule has 0 aliphatic heterocycles. The number of carbonyl (C=O) groups excluding carboxylic acids is 1. The fourth-order valence-electron chi connectivity index (χ4n) is 2.37. The normalized spacial score (nSPS) is 11.1. The Bertz CT molecular complexity index is 956. The van der Waals surface area contributed by atoms with Gasteiger partial charge in [-0.1, -0.05) is 18.2 Å². The van der Waals surface area contributed by atoms with E-state index in [1.54, 1.807) is 18.3 Å². The molecule has 0 aliphatic rings. The van der Waals surface area contributed by atoms with Crippen molar-refractivity contribution < 1.29 is 4.79 Å². The van der Waals surface area contributed by atoms with E-state index >= 15 is 0 Å². The monoisotopic (exact) mass is 292 g/mol. The predicted molar refractivity (Wildman–Crippen MR) is 79.3 cm³/mol. The fourth-order valence-corrected chi connectivity index (χ4v) is 2.37. The van der Waals surface area contributed by atoms with Gasteiger partial charge in [0.15, 0.2) is 17.1 Å². The first-order valence-electron chi connectivity index (χ1n) is 6.82. The molecule has 22 heavy (non-hydrogen) atoms. The molecule has 7 heteroatoms. The highest BCUT2D eigenvalue weighted by molar-refractivity contribution is 5.94. The number of carbonyl (C=O) groups is 1. The maximum absolute atomic E-state index is 12.1. The number of fused-ring (bicyclic) bond motifs is 3. The van der Waals surface area contributed by atoms with Gasteiger partial charge in [-0.3, -0.25) is 4.79 Å². The van der Waals surface area contributed by atoms with Crippen LogP contribution in [0.1, 0.15) is 16.2 Å². The highest BCUT2D eigenvalue weighted by atomic mass is 16.1. The molecule has 0 unspecified atom stereocenters. The van der Waals surface area contributed by atoms with Gasteiger partial charge < -0.3 is 5.32 Å². The van der Waals surface area contributed by atoms with Gasteiger partial charge in [0.1, 0.15) is 0 Å². The molecular weight excluding hydrogens is 280 g/mol. The van der Waals surface area contributed by atoms with Gasteiger partial charge in [-0.15, -0.1) is 10.2 Å². The second kappa shape index (κ2) is 4.96. The summed E-state index contributed by atoms with van der Waals surface area (Å²) in [6, 6.07) is 12.8. The molecule has 1 amide bonds. The average molecular weight is 292 g/mol. The molecule has 108 valence electrons. The quantitative estimate of drug-likeness (QED) is 0.617. The number of aromatic nitrogens is 5. The van der Waals surface area contributed by atoms with Crippen LogP contribution in [-0.4, -0.2) is 30.1 Å². The lowest BCUT2D eigenvalue weighted by Crippen LogP contribution is -2.24. The van der Waals surface area contributed by atoms with Gasteiger partial charge >= 0.3 is 0 Å². The predicted octanol–water partition coefficient (Wildman–Crippen LogP) is 1.31.